The van der Waals surface area contributed by atoms with Gasteiger partial charge in [0.1, 0.15) is 5.69 Å². The number of carbonyl (C=O) groups excluding carboxylic acids is 1. The summed E-state index contributed by atoms with van der Waals surface area (Å²) in [6.07, 6.45) is 0. The van der Waals surface area contributed by atoms with E-state index in [-0.39, 0.29) is 5.78 Å². The number of aromatic nitrogens is 1. The summed E-state index contributed by atoms with van der Waals surface area (Å²) in [6, 6.07) is 12.7. The molecule has 0 fully saturated rings. The molecule has 0 saturated heterocycles. The molecule has 1 heterocycles. The number of pyridine rings is 1. The van der Waals surface area contributed by atoms with Crippen molar-refractivity contribution in [2.45, 2.75) is 13.8 Å². The Morgan fingerprint density at radius 3 is 2.10 bits per heavy atom. The Bertz CT molecular complexity index is 1050. The van der Waals surface area contributed by atoms with Gasteiger partial charge in [-0.3, -0.25) is 4.79 Å². The van der Waals surface area contributed by atoms with E-state index in [2.05, 4.69) is 4.98 Å². The number of ether oxygens (including phenoxy) is 3. The monoisotopic (exact) mass is 392 g/mol. The van der Waals surface area contributed by atoms with Crippen molar-refractivity contribution in [3.05, 3.63) is 64.8 Å². The van der Waals surface area contributed by atoms with Crippen LogP contribution in [0.25, 0.3) is 11.3 Å². The van der Waals surface area contributed by atoms with Crippen molar-refractivity contribution >= 4 is 11.5 Å². The number of nitrogens with zero attached hydrogens (tertiary/aromatic N) is 1. The molecule has 0 spiro atoms. The third kappa shape index (κ3) is 4.01. The molecule has 0 aliphatic carbocycles. The Labute approximate surface area is 170 Å². The van der Waals surface area contributed by atoms with E-state index in [9.17, 15) is 4.79 Å². The van der Waals surface area contributed by atoms with E-state index < -0.39 is 0 Å². The lowest BCUT2D eigenvalue weighted by molar-refractivity contribution is 0.103. The minimum atomic E-state index is -0.241. The Morgan fingerprint density at radius 2 is 1.55 bits per heavy atom. The van der Waals surface area contributed by atoms with Crippen LogP contribution >= 0.6 is 0 Å². The number of hydrogen-bond acceptors (Lipinski definition) is 6. The van der Waals surface area contributed by atoms with Crippen LogP contribution in [0.4, 0.5) is 5.69 Å². The highest BCUT2D eigenvalue weighted by Crippen LogP contribution is 2.38. The van der Waals surface area contributed by atoms with Crippen molar-refractivity contribution in [2.24, 2.45) is 0 Å². The molecule has 0 radical (unpaired) electrons. The van der Waals surface area contributed by atoms with Crippen LogP contribution in [0.2, 0.25) is 0 Å². The lowest BCUT2D eigenvalue weighted by Gasteiger charge is -2.14. The highest BCUT2D eigenvalue weighted by molar-refractivity contribution is 6.08. The van der Waals surface area contributed by atoms with Crippen LogP contribution in [0.5, 0.6) is 17.2 Å². The van der Waals surface area contributed by atoms with E-state index in [0.717, 1.165) is 16.7 Å². The van der Waals surface area contributed by atoms with Crippen molar-refractivity contribution in [3.63, 3.8) is 0 Å². The van der Waals surface area contributed by atoms with E-state index in [4.69, 9.17) is 19.9 Å². The lowest BCUT2D eigenvalue weighted by atomic mass is 10.0. The lowest BCUT2D eigenvalue weighted by Crippen LogP contribution is -2.07. The second-order valence-electron chi connectivity index (χ2n) is 6.73. The number of rotatable bonds is 6. The van der Waals surface area contributed by atoms with Crippen LogP contribution in [0.1, 0.15) is 27.2 Å². The molecule has 6 nitrogen and oxygen atoms in total. The minimum Gasteiger partial charge on any atom is -0.493 e. The number of carbonyl (C=O) groups is 1. The maximum Gasteiger partial charge on any atom is 0.211 e. The number of nitrogen functional groups attached to an aromatic ring is 1. The zero-order chi connectivity index (χ0) is 21.1. The molecule has 0 amide bonds. The van der Waals surface area contributed by atoms with Gasteiger partial charge >= 0.3 is 0 Å². The summed E-state index contributed by atoms with van der Waals surface area (Å²) < 4.78 is 16.0. The summed E-state index contributed by atoms with van der Waals surface area (Å²) in [6.45, 7) is 3.87. The summed E-state index contributed by atoms with van der Waals surface area (Å²) in [5.41, 5.74) is 10.9. The highest BCUT2D eigenvalue weighted by Gasteiger charge is 2.19. The molecule has 0 unspecified atom stereocenters. The molecule has 0 saturated carbocycles. The quantitative estimate of drug-likeness (QED) is 0.500. The first kappa shape index (κ1) is 20.2. The highest BCUT2D eigenvalue weighted by atomic mass is 16.5. The molecule has 0 atom stereocenters. The smallest absolute Gasteiger partial charge is 0.211 e. The number of hydrogen-bond donors (Lipinski definition) is 1. The van der Waals surface area contributed by atoms with Gasteiger partial charge in [-0.05, 0) is 55.3 Å². The largest absolute Gasteiger partial charge is 0.493 e. The van der Waals surface area contributed by atoms with E-state index in [1.54, 1.807) is 18.2 Å². The molecule has 0 aliphatic heterocycles. The fraction of sp³-hybridized carbons (Fsp3) is 0.217. The maximum absolute atomic E-state index is 13.2. The molecule has 6 heteroatoms. The van der Waals surface area contributed by atoms with Crippen molar-refractivity contribution in [1.82, 2.24) is 4.98 Å². The van der Waals surface area contributed by atoms with Crippen LogP contribution in [0, 0.1) is 13.8 Å². The van der Waals surface area contributed by atoms with Crippen LogP contribution in [0.3, 0.4) is 0 Å². The number of anilines is 1. The summed E-state index contributed by atoms with van der Waals surface area (Å²) >= 11 is 0. The summed E-state index contributed by atoms with van der Waals surface area (Å²) in [4.78, 5) is 17.8. The average molecular weight is 392 g/mol. The number of ketones is 1. The molecule has 1 aromatic heterocycles. The first-order chi connectivity index (χ1) is 13.9. The van der Waals surface area contributed by atoms with Crippen molar-refractivity contribution in [1.29, 1.82) is 0 Å². The molecular weight excluding hydrogens is 368 g/mol. The second-order valence-corrected chi connectivity index (χ2v) is 6.73. The number of methoxy groups -OCH3 is 3. The number of nitrogens with two attached hydrogens (primary N) is 1. The SMILES string of the molecule is COc1cc(C(=O)c2cc(C)cc(-c3ccc(C)c(N)c3)n2)cc(OC)c1OC. The standard InChI is InChI=1S/C23H24N2O4/c1-13-8-18(15-7-6-14(2)17(24)10-15)25-19(9-13)22(26)16-11-20(27-3)23(29-5)21(12-16)28-4/h6-12H,24H2,1-5H3. The van der Waals surface area contributed by atoms with Crippen LogP contribution in [-0.4, -0.2) is 32.1 Å². The molecular formula is C23H24N2O4. The molecule has 0 bridgehead atoms. The first-order valence-corrected chi connectivity index (χ1v) is 9.07. The van der Waals surface area contributed by atoms with Gasteiger partial charge < -0.3 is 19.9 Å². The fourth-order valence-corrected chi connectivity index (χ4v) is 3.09. The fourth-order valence-electron chi connectivity index (χ4n) is 3.09. The molecule has 150 valence electrons. The van der Waals surface area contributed by atoms with E-state index >= 15 is 0 Å². The van der Waals surface area contributed by atoms with E-state index in [1.165, 1.54) is 21.3 Å². The van der Waals surface area contributed by atoms with Crippen LogP contribution in [0.15, 0.2) is 42.5 Å². The Hall–Kier alpha value is -3.54. The molecule has 29 heavy (non-hydrogen) atoms. The maximum atomic E-state index is 13.2. The Morgan fingerprint density at radius 1 is 0.897 bits per heavy atom. The van der Waals surface area contributed by atoms with Crippen LogP contribution < -0.4 is 19.9 Å². The van der Waals surface area contributed by atoms with E-state index in [0.29, 0.717) is 39.9 Å². The zero-order valence-corrected chi connectivity index (χ0v) is 17.2. The number of aryl methyl sites for hydroxylation is 2. The Balaban J connectivity index is 2.08. The van der Waals surface area contributed by atoms with Crippen LogP contribution in [-0.2, 0) is 0 Å². The minimum absolute atomic E-state index is 0.241. The molecule has 0 aliphatic rings. The normalized spacial score (nSPS) is 10.5. The molecule has 2 N–H and O–H groups in total. The van der Waals surface area contributed by atoms with Gasteiger partial charge in [0.2, 0.25) is 11.5 Å². The second kappa shape index (κ2) is 8.22. The number of benzene rings is 2. The Kier molecular flexibility index (Phi) is 5.73. The van der Waals surface area contributed by atoms with Gasteiger partial charge in [0.05, 0.1) is 27.0 Å². The summed E-state index contributed by atoms with van der Waals surface area (Å²) in [5, 5.41) is 0. The zero-order valence-electron chi connectivity index (χ0n) is 17.2. The van der Waals surface area contributed by atoms with Gasteiger partial charge in [0, 0.05) is 16.8 Å². The van der Waals surface area contributed by atoms with Crippen molar-refractivity contribution in [2.75, 3.05) is 27.1 Å². The summed E-state index contributed by atoms with van der Waals surface area (Å²) in [7, 11) is 4.54. The van der Waals surface area contributed by atoms with Gasteiger partial charge in [-0.15, -0.1) is 0 Å². The predicted octanol–water partition coefficient (Wildman–Crippen LogP) is 4.20. The average Bonchev–Trinajstić information content (AvgIpc) is 2.73. The van der Waals surface area contributed by atoms with Gasteiger partial charge in [0.15, 0.2) is 11.5 Å². The topological polar surface area (TPSA) is 83.7 Å². The molecule has 2 aromatic carbocycles. The van der Waals surface area contributed by atoms with Crippen molar-refractivity contribution in [3.8, 4) is 28.5 Å². The first-order valence-electron chi connectivity index (χ1n) is 9.07. The molecule has 3 aromatic rings. The van der Waals surface area contributed by atoms with Gasteiger partial charge in [-0.1, -0.05) is 12.1 Å². The third-order valence-corrected chi connectivity index (χ3v) is 4.70. The van der Waals surface area contributed by atoms with Gasteiger partial charge in [-0.25, -0.2) is 4.98 Å². The van der Waals surface area contributed by atoms with Gasteiger partial charge in [-0.2, -0.15) is 0 Å². The summed E-state index contributed by atoms with van der Waals surface area (Å²) in [5.74, 6) is 1.01. The van der Waals surface area contributed by atoms with E-state index in [1.807, 2.05) is 38.1 Å². The van der Waals surface area contributed by atoms with Gasteiger partial charge in [0.25, 0.3) is 0 Å². The molecule has 3 rings (SSSR count). The predicted molar refractivity (Wildman–Crippen MR) is 113 cm³/mol. The third-order valence-electron chi connectivity index (χ3n) is 4.70. The van der Waals surface area contributed by atoms with Crippen molar-refractivity contribution < 1.29 is 19.0 Å².